The highest BCUT2D eigenvalue weighted by atomic mass is 79.9. The van der Waals surface area contributed by atoms with Crippen molar-refractivity contribution in [3.05, 3.63) is 0 Å². The van der Waals surface area contributed by atoms with Gasteiger partial charge in [0.15, 0.2) is 5.66 Å². The summed E-state index contributed by atoms with van der Waals surface area (Å²) < 4.78 is 9.82. The van der Waals surface area contributed by atoms with Gasteiger partial charge < -0.3 is 14.8 Å². The van der Waals surface area contributed by atoms with Crippen LogP contribution in [0, 0.1) is 0 Å². The Morgan fingerprint density at radius 2 is 1.95 bits per heavy atom. The van der Waals surface area contributed by atoms with Crippen molar-refractivity contribution < 1.29 is 19.1 Å². The Hall–Kier alpha value is -1.18. The number of ether oxygens (including phenoxy) is 2. The van der Waals surface area contributed by atoms with Gasteiger partial charge >= 0.3 is 12.1 Å². The number of alkyl halides is 1. The maximum Gasteiger partial charge on any atom is 0.408 e. The molecule has 0 radical (unpaired) electrons. The van der Waals surface area contributed by atoms with Gasteiger partial charge in [0.05, 0.1) is 7.11 Å². The van der Waals surface area contributed by atoms with Crippen LogP contribution < -0.4 is 5.32 Å². The second kappa shape index (κ2) is 6.51. The molecule has 1 atom stereocenters. The summed E-state index contributed by atoms with van der Waals surface area (Å²) in [6.45, 7) is 5.24. The molecule has 20 heavy (non-hydrogen) atoms. The number of hydrogen-bond donors (Lipinski definition) is 1. The van der Waals surface area contributed by atoms with Crippen molar-refractivity contribution in [1.82, 2.24) is 5.32 Å². The van der Waals surface area contributed by atoms with E-state index in [1.165, 1.54) is 7.11 Å². The van der Waals surface area contributed by atoms with Gasteiger partial charge in [-0.15, -0.1) is 0 Å². The Morgan fingerprint density at radius 3 is 2.35 bits per heavy atom. The van der Waals surface area contributed by atoms with Crippen molar-refractivity contribution in [1.29, 1.82) is 0 Å². The molecule has 0 fully saturated rings. The highest BCUT2D eigenvalue weighted by Gasteiger charge is 2.44. The highest BCUT2D eigenvalue weighted by Crippen LogP contribution is 2.37. The van der Waals surface area contributed by atoms with Crippen LogP contribution in [-0.4, -0.2) is 41.8 Å². The molecule has 0 aromatic carbocycles. The summed E-state index contributed by atoms with van der Waals surface area (Å²) in [5.74, 6) is -0.540. The lowest BCUT2D eigenvalue weighted by Crippen LogP contribution is -2.46. The quantitative estimate of drug-likeness (QED) is 0.588. The number of esters is 1. The lowest BCUT2D eigenvalue weighted by Gasteiger charge is -2.23. The van der Waals surface area contributed by atoms with E-state index in [-0.39, 0.29) is 6.42 Å². The summed E-state index contributed by atoms with van der Waals surface area (Å²) in [6, 6.07) is -0.830. The fraction of sp³-hybridized carbons (Fsp3) is 0.833. The van der Waals surface area contributed by atoms with Crippen LogP contribution in [0.5, 0.6) is 0 Å². The van der Waals surface area contributed by atoms with Crippen LogP contribution in [0.2, 0.25) is 0 Å². The molecule has 1 amide bonds. The summed E-state index contributed by atoms with van der Waals surface area (Å²) in [6.07, 6.45) is 0.267. The molecular weight excluding hydrogens is 330 g/mol. The summed E-state index contributed by atoms with van der Waals surface area (Å²) >= 11 is 3.31. The zero-order valence-electron chi connectivity index (χ0n) is 12.1. The zero-order valence-corrected chi connectivity index (χ0v) is 13.7. The van der Waals surface area contributed by atoms with E-state index in [1.54, 1.807) is 20.8 Å². The van der Waals surface area contributed by atoms with Crippen LogP contribution in [0.4, 0.5) is 4.79 Å². The predicted molar refractivity (Wildman–Crippen MR) is 75.8 cm³/mol. The fourth-order valence-corrected chi connectivity index (χ4v) is 2.25. The van der Waals surface area contributed by atoms with Gasteiger partial charge in [-0.1, -0.05) is 15.9 Å². The van der Waals surface area contributed by atoms with Gasteiger partial charge in [-0.3, -0.25) is 0 Å². The number of nitrogens with one attached hydrogen (secondary N) is 1. The van der Waals surface area contributed by atoms with Crippen molar-refractivity contribution in [2.45, 2.75) is 50.9 Å². The number of carbonyl (C=O) groups excluding carboxylic acids is 2. The first-order chi connectivity index (χ1) is 9.21. The standard InChI is InChI=1S/C12H20BrN3O4/c1-11(2,3)20-10(18)14-8(9(17)19-4)7-12(5-6-13)15-16-12/h8H,5-7H2,1-4H3,(H,14,18)/t8-/m0/s1. The zero-order chi connectivity index (χ0) is 15.4. The van der Waals surface area contributed by atoms with E-state index in [2.05, 4.69) is 31.5 Å². The van der Waals surface area contributed by atoms with E-state index in [9.17, 15) is 9.59 Å². The van der Waals surface area contributed by atoms with Crippen molar-refractivity contribution in [3.8, 4) is 0 Å². The van der Waals surface area contributed by atoms with Gasteiger partial charge in [0.25, 0.3) is 0 Å². The van der Waals surface area contributed by atoms with Crippen LogP contribution in [0.1, 0.15) is 33.6 Å². The summed E-state index contributed by atoms with van der Waals surface area (Å²) in [5.41, 5.74) is -1.23. The molecule has 0 spiro atoms. The smallest absolute Gasteiger partial charge is 0.408 e. The molecule has 8 heteroatoms. The highest BCUT2D eigenvalue weighted by molar-refractivity contribution is 9.09. The predicted octanol–water partition coefficient (Wildman–Crippen LogP) is 2.39. The molecule has 0 bridgehead atoms. The van der Waals surface area contributed by atoms with E-state index in [1.807, 2.05) is 0 Å². The Balaban J connectivity index is 2.61. The van der Waals surface area contributed by atoms with Gasteiger partial charge in [0.2, 0.25) is 0 Å². The molecule has 0 aliphatic carbocycles. The average Bonchev–Trinajstić information content (AvgIpc) is 3.05. The normalized spacial score (nSPS) is 17.2. The van der Waals surface area contributed by atoms with E-state index < -0.39 is 29.4 Å². The molecule has 1 aliphatic heterocycles. The number of rotatable bonds is 6. The molecule has 0 aromatic heterocycles. The molecule has 0 saturated heterocycles. The monoisotopic (exact) mass is 349 g/mol. The van der Waals surface area contributed by atoms with E-state index in [4.69, 9.17) is 9.47 Å². The van der Waals surface area contributed by atoms with Gasteiger partial charge in [0, 0.05) is 18.2 Å². The molecule has 0 aromatic rings. The molecule has 1 N–H and O–H groups in total. The number of hydrogen-bond acceptors (Lipinski definition) is 6. The van der Waals surface area contributed by atoms with Crippen molar-refractivity contribution >= 4 is 28.0 Å². The van der Waals surface area contributed by atoms with Gasteiger partial charge in [-0.2, -0.15) is 10.2 Å². The maximum atomic E-state index is 11.7. The molecule has 0 saturated carbocycles. The number of alkyl carbamates (subject to hydrolysis) is 1. The molecule has 1 aliphatic rings. The fourth-order valence-electron chi connectivity index (χ4n) is 1.62. The first-order valence-electron chi connectivity index (χ1n) is 6.29. The van der Waals surface area contributed by atoms with Crippen LogP contribution in [0.15, 0.2) is 10.2 Å². The summed E-state index contributed by atoms with van der Waals surface area (Å²) in [5, 5.41) is 11.1. The Kier molecular flexibility index (Phi) is 5.50. The lowest BCUT2D eigenvalue weighted by atomic mass is 10.0. The molecule has 7 nitrogen and oxygen atoms in total. The van der Waals surface area contributed by atoms with E-state index >= 15 is 0 Å². The third-order valence-corrected chi connectivity index (χ3v) is 2.98. The van der Waals surface area contributed by atoms with E-state index in [0.29, 0.717) is 11.8 Å². The van der Waals surface area contributed by atoms with Crippen molar-refractivity contribution in [2.75, 3.05) is 12.4 Å². The van der Waals surface area contributed by atoms with Crippen LogP contribution >= 0.6 is 15.9 Å². The second-order valence-corrected chi connectivity index (χ2v) is 6.34. The van der Waals surface area contributed by atoms with Crippen molar-refractivity contribution in [3.63, 3.8) is 0 Å². The van der Waals surface area contributed by atoms with Crippen molar-refractivity contribution in [2.24, 2.45) is 10.2 Å². The summed E-state index contributed by atoms with van der Waals surface area (Å²) in [7, 11) is 1.27. The van der Waals surface area contributed by atoms with Gasteiger partial charge in [-0.25, -0.2) is 9.59 Å². The molecule has 0 unspecified atom stereocenters. The topological polar surface area (TPSA) is 89.4 Å². The number of amides is 1. The Labute approximate surface area is 126 Å². The molecule has 114 valence electrons. The molecule has 1 rings (SSSR count). The summed E-state index contributed by atoms with van der Waals surface area (Å²) in [4.78, 5) is 23.5. The third kappa shape index (κ3) is 5.44. The molecule has 1 heterocycles. The minimum absolute atomic E-state index is 0.268. The minimum atomic E-state index is -0.830. The Bertz CT molecular complexity index is 400. The first-order valence-corrected chi connectivity index (χ1v) is 7.41. The number of nitrogens with zero attached hydrogens (tertiary/aromatic N) is 2. The van der Waals surface area contributed by atoms with Crippen LogP contribution in [0.3, 0.4) is 0 Å². The largest absolute Gasteiger partial charge is 0.467 e. The van der Waals surface area contributed by atoms with Gasteiger partial charge in [0.1, 0.15) is 11.6 Å². The second-order valence-electron chi connectivity index (χ2n) is 5.55. The number of carbonyl (C=O) groups is 2. The number of methoxy groups -OCH3 is 1. The van der Waals surface area contributed by atoms with Crippen LogP contribution in [0.25, 0.3) is 0 Å². The van der Waals surface area contributed by atoms with E-state index in [0.717, 1.165) is 0 Å². The Morgan fingerprint density at radius 1 is 1.35 bits per heavy atom. The average molecular weight is 350 g/mol. The third-order valence-electron chi connectivity index (χ3n) is 2.59. The van der Waals surface area contributed by atoms with Gasteiger partial charge in [-0.05, 0) is 20.8 Å². The minimum Gasteiger partial charge on any atom is -0.467 e. The first kappa shape index (κ1) is 16.9. The lowest BCUT2D eigenvalue weighted by molar-refractivity contribution is -0.143. The molecular formula is C12H20BrN3O4. The van der Waals surface area contributed by atoms with Crippen LogP contribution in [-0.2, 0) is 14.3 Å². The maximum absolute atomic E-state index is 11.7. The number of halogens is 1. The SMILES string of the molecule is COC(=O)[C@H](CC1(CCBr)N=N1)NC(=O)OC(C)(C)C.